The van der Waals surface area contributed by atoms with Gasteiger partial charge in [0.1, 0.15) is 17.2 Å². The Morgan fingerprint density at radius 2 is 1.84 bits per heavy atom. The van der Waals surface area contributed by atoms with Crippen molar-refractivity contribution in [2.45, 2.75) is 20.0 Å². The van der Waals surface area contributed by atoms with Crippen molar-refractivity contribution in [1.82, 2.24) is 10.6 Å². The van der Waals surface area contributed by atoms with E-state index >= 15 is 0 Å². The molecule has 2 N–H and O–H groups in total. The summed E-state index contributed by atoms with van der Waals surface area (Å²) in [5.74, 6) is 1.28. The smallest absolute Gasteiger partial charge is 0.191 e. The molecule has 0 amide bonds. The van der Waals surface area contributed by atoms with Gasteiger partial charge in [-0.15, -0.1) is 24.0 Å². The van der Waals surface area contributed by atoms with Crippen LogP contribution in [0.5, 0.6) is 0 Å². The molecule has 0 radical (unpaired) electrons. The van der Waals surface area contributed by atoms with E-state index in [1.165, 1.54) is 12.1 Å². The summed E-state index contributed by atoms with van der Waals surface area (Å²) < 4.78 is 19.1. The van der Waals surface area contributed by atoms with E-state index < -0.39 is 0 Å². The number of halogens is 2. The third-order valence-corrected chi connectivity index (χ3v) is 3.93. The number of rotatable bonds is 4. The van der Waals surface area contributed by atoms with Gasteiger partial charge >= 0.3 is 0 Å². The monoisotopic (exact) mass is 453 g/mol. The van der Waals surface area contributed by atoms with Crippen LogP contribution in [0.1, 0.15) is 16.9 Å². The average Bonchev–Trinajstić information content (AvgIpc) is 2.92. The maximum absolute atomic E-state index is 13.2. The molecule has 0 fully saturated rings. The molecule has 0 aliphatic carbocycles. The molecule has 0 bridgehead atoms. The molecule has 0 saturated carbocycles. The predicted molar refractivity (Wildman–Crippen MR) is 110 cm³/mol. The van der Waals surface area contributed by atoms with Crippen molar-refractivity contribution < 1.29 is 8.81 Å². The molecule has 4 nitrogen and oxygen atoms in total. The Morgan fingerprint density at radius 3 is 2.56 bits per heavy atom. The van der Waals surface area contributed by atoms with Crippen LogP contribution in [0.3, 0.4) is 0 Å². The Balaban J connectivity index is 0.00000225. The minimum Gasteiger partial charge on any atom is -0.459 e. The Labute approximate surface area is 163 Å². The molecule has 0 aliphatic heterocycles. The number of nitrogens with zero attached hydrogens (tertiary/aromatic N) is 1. The molecule has 0 atom stereocenters. The maximum atomic E-state index is 13.2. The lowest BCUT2D eigenvalue weighted by atomic mass is 10.1. The Bertz CT molecular complexity index is 876. The molecule has 25 heavy (non-hydrogen) atoms. The molecule has 132 valence electrons. The lowest BCUT2D eigenvalue weighted by Crippen LogP contribution is -2.36. The van der Waals surface area contributed by atoms with Gasteiger partial charge in [0, 0.05) is 24.5 Å². The van der Waals surface area contributed by atoms with E-state index in [2.05, 4.69) is 21.7 Å². The zero-order valence-electron chi connectivity index (χ0n) is 14.2. The SMILES string of the molecule is CN=C(NCc1cccc(F)c1)NCc1oc2ccccc2c1C.I. The second-order valence-electron chi connectivity index (χ2n) is 5.56. The van der Waals surface area contributed by atoms with E-state index in [0.29, 0.717) is 19.0 Å². The molecule has 0 saturated heterocycles. The van der Waals surface area contributed by atoms with Crippen molar-refractivity contribution in [2.24, 2.45) is 4.99 Å². The first-order chi connectivity index (χ1) is 11.7. The van der Waals surface area contributed by atoms with E-state index in [4.69, 9.17) is 4.42 Å². The van der Waals surface area contributed by atoms with Crippen LogP contribution < -0.4 is 10.6 Å². The van der Waals surface area contributed by atoms with Crippen LogP contribution in [0, 0.1) is 12.7 Å². The Morgan fingerprint density at radius 1 is 1.08 bits per heavy atom. The fraction of sp³-hybridized carbons (Fsp3) is 0.211. The first-order valence-electron chi connectivity index (χ1n) is 7.83. The van der Waals surface area contributed by atoms with Crippen LogP contribution in [0.4, 0.5) is 4.39 Å². The summed E-state index contributed by atoms with van der Waals surface area (Å²) in [5, 5.41) is 7.51. The molecule has 1 aromatic heterocycles. The summed E-state index contributed by atoms with van der Waals surface area (Å²) in [6, 6.07) is 14.5. The van der Waals surface area contributed by atoms with E-state index in [-0.39, 0.29) is 29.8 Å². The highest BCUT2D eigenvalue weighted by Crippen LogP contribution is 2.24. The normalized spacial score (nSPS) is 11.2. The van der Waals surface area contributed by atoms with Crippen molar-refractivity contribution in [3.8, 4) is 0 Å². The molecule has 3 rings (SSSR count). The summed E-state index contributed by atoms with van der Waals surface area (Å²) in [4.78, 5) is 4.18. The highest BCUT2D eigenvalue weighted by molar-refractivity contribution is 14.0. The van der Waals surface area contributed by atoms with E-state index in [0.717, 1.165) is 27.9 Å². The van der Waals surface area contributed by atoms with Crippen molar-refractivity contribution >= 4 is 40.9 Å². The number of para-hydroxylation sites is 1. The van der Waals surface area contributed by atoms with Gasteiger partial charge in [-0.05, 0) is 30.7 Å². The summed E-state index contributed by atoms with van der Waals surface area (Å²) in [6.07, 6.45) is 0. The average molecular weight is 453 g/mol. The predicted octanol–water partition coefficient (Wildman–Crippen LogP) is 4.36. The maximum Gasteiger partial charge on any atom is 0.191 e. The van der Waals surface area contributed by atoms with Gasteiger partial charge in [-0.2, -0.15) is 0 Å². The molecule has 0 aliphatic rings. The van der Waals surface area contributed by atoms with Crippen LogP contribution in [0.25, 0.3) is 11.0 Å². The zero-order chi connectivity index (χ0) is 16.9. The van der Waals surface area contributed by atoms with Crippen molar-refractivity contribution in [2.75, 3.05) is 7.05 Å². The lowest BCUT2D eigenvalue weighted by Gasteiger charge is -2.11. The van der Waals surface area contributed by atoms with Crippen LogP contribution in [0.15, 0.2) is 57.9 Å². The number of aliphatic imine (C=N–C) groups is 1. The third-order valence-electron chi connectivity index (χ3n) is 3.93. The van der Waals surface area contributed by atoms with Crippen LogP contribution in [-0.4, -0.2) is 13.0 Å². The summed E-state index contributed by atoms with van der Waals surface area (Å²) in [7, 11) is 1.70. The van der Waals surface area contributed by atoms with Crippen molar-refractivity contribution in [1.29, 1.82) is 0 Å². The number of aryl methyl sites for hydroxylation is 1. The Kier molecular flexibility index (Phi) is 6.81. The highest BCUT2D eigenvalue weighted by Gasteiger charge is 2.10. The second-order valence-corrected chi connectivity index (χ2v) is 5.56. The quantitative estimate of drug-likeness (QED) is 0.351. The largest absolute Gasteiger partial charge is 0.459 e. The molecule has 3 aromatic rings. The number of nitrogens with one attached hydrogen (secondary N) is 2. The van der Waals surface area contributed by atoms with Gasteiger partial charge in [0.15, 0.2) is 5.96 Å². The van der Waals surface area contributed by atoms with Crippen molar-refractivity contribution in [3.63, 3.8) is 0 Å². The van der Waals surface area contributed by atoms with Crippen LogP contribution in [-0.2, 0) is 13.1 Å². The van der Waals surface area contributed by atoms with Crippen LogP contribution >= 0.6 is 24.0 Å². The van der Waals surface area contributed by atoms with Gasteiger partial charge in [0.2, 0.25) is 0 Å². The fourth-order valence-corrected chi connectivity index (χ4v) is 2.61. The first-order valence-corrected chi connectivity index (χ1v) is 7.83. The fourth-order valence-electron chi connectivity index (χ4n) is 2.61. The molecular weight excluding hydrogens is 432 g/mol. The molecule has 2 aromatic carbocycles. The second kappa shape index (κ2) is 8.84. The van der Waals surface area contributed by atoms with Gasteiger partial charge in [0.05, 0.1) is 6.54 Å². The minimum atomic E-state index is -0.241. The first kappa shape index (κ1) is 19.2. The number of furan rings is 1. The number of benzene rings is 2. The van der Waals surface area contributed by atoms with Crippen molar-refractivity contribution in [3.05, 3.63) is 71.2 Å². The topological polar surface area (TPSA) is 49.6 Å². The summed E-state index contributed by atoms with van der Waals surface area (Å²) >= 11 is 0. The van der Waals surface area contributed by atoms with Gasteiger partial charge in [-0.3, -0.25) is 4.99 Å². The molecule has 0 unspecified atom stereocenters. The van der Waals surface area contributed by atoms with E-state index in [1.54, 1.807) is 13.1 Å². The zero-order valence-corrected chi connectivity index (χ0v) is 16.5. The lowest BCUT2D eigenvalue weighted by molar-refractivity contribution is 0.534. The van der Waals surface area contributed by atoms with Gasteiger partial charge in [-0.1, -0.05) is 30.3 Å². The molecular formula is C19H21FIN3O. The van der Waals surface area contributed by atoms with Gasteiger partial charge in [-0.25, -0.2) is 4.39 Å². The highest BCUT2D eigenvalue weighted by atomic mass is 127. The Hall–Kier alpha value is -2.09. The number of hydrogen-bond donors (Lipinski definition) is 2. The van der Waals surface area contributed by atoms with E-state index in [1.807, 2.05) is 31.2 Å². The number of hydrogen-bond acceptors (Lipinski definition) is 2. The minimum absolute atomic E-state index is 0. The molecule has 6 heteroatoms. The number of fused-ring (bicyclic) bond motifs is 1. The van der Waals surface area contributed by atoms with Gasteiger partial charge < -0.3 is 15.1 Å². The van der Waals surface area contributed by atoms with Crippen LogP contribution in [0.2, 0.25) is 0 Å². The third kappa shape index (κ3) is 4.72. The summed E-state index contributed by atoms with van der Waals surface area (Å²) in [6.45, 7) is 3.08. The summed E-state index contributed by atoms with van der Waals surface area (Å²) in [5.41, 5.74) is 2.87. The number of guanidine groups is 1. The molecule has 0 spiro atoms. The van der Waals surface area contributed by atoms with E-state index in [9.17, 15) is 4.39 Å². The molecule has 1 heterocycles. The van der Waals surface area contributed by atoms with Gasteiger partial charge in [0.25, 0.3) is 0 Å². The standard InChI is InChI=1S/C19H20FN3O.HI/c1-13-16-8-3-4-9-17(16)24-18(13)12-23-19(21-2)22-11-14-6-5-7-15(20)10-14;/h3-10H,11-12H2,1-2H3,(H2,21,22,23);1H.